The predicted molar refractivity (Wildman–Crippen MR) is 121 cm³/mol. The highest BCUT2D eigenvalue weighted by molar-refractivity contribution is 8.26. The van der Waals surface area contributed by atoms with E-state index in [1.807, 2.05) is 65.5 Å². The van der Waals surface area contributed by atoms with Gasteiger partial charge in [0.15, 0.2) is 0 Å². The summed E-state index contributed by atoms with van der Waals surface area (Å²) in [6.07, 6.45) is 3.75. The molecular formula is C21H16ClN3O2S2. The van der Waals surface area contributed by atoms with Crippen LogP contribution in [0.1, 0.15) is 11.1 Å². The Labute approximate surface area is 182 Å². The maximum atomic E-state index is 12.1. The fraction of sp³-hybridized carbons (Fsp3) is 0.0952. The van der Waals surface area contributed by atoms with E-state index in [4.69, 9.17) is 33.7 Å². The monoisotopic (exact) mass is 441 g/mol. The van der Waals surface area contributed by atoms with Gasteiger partial charge in [0, 0.05) is 22.3 Å². The summed E-state index contributed by atoms with van der Waals surface area (Å²) >= 11 is 12.3. The van der Waals surface area contributed by atoms with Gasteiger partial charge in [-0.1, -0.05) is 47.7 Å². The summed E-state index contributed by atoms with van der Waals surface area (Å²) in [5, 5.41) is 8.10. The highest BCUT2D eigenvalue weighted by Crippen LogP contribution is 2.31. The summed E-state index contributed by atoms with van der Waals surface area (Å²) < 4.78 is 7.56. The lowest BCUT2D eigenvalue weighted by atomic mass is 10.1. The van der Waals surface area contributed by atoms with Crippen LogP contribution in [-0.4, -0.2) is 27.1 Å². The number of ether oxygens (including phenoxy) is 1. The van der Waals surface area contributed by atoms with E-state index in [1.165, 1.54) is 11.8 Å². The number of nitrogens with one attached hydrogen (secondary N) is 1. The third kappa shape index (κ3) is 4.53. The average Bonchev–Trinajstić information content (AvgIpc) is 3.26. The topological polar surface area (TPSA) is 56.1 Å². The number of hydrogen-bond acceptors (Lipinski definition) is 5. The van der Waals surface area contributed by atoms with Crippen LogP contribution in [0, 0.1) is 0 Å². The summed E-state index contributed by atoms with van der Waals surface area (Å²) in [6.45, 7) is 0.585. The number of thiocarbonyl (C=S) groups is 1. The molecule has 0 saturated carbocycles. The zero-order chi connectivity index (χ0) is 20.4. The lowest BCUT2D eigenvalue weighted by Crippen LogP contribution is -2.17. The van der Waals surface area contributed by atoms with Crippen molar-refractivity contribution >= 4 is 51.9 Å². The molecule has 8 heteroatoms. The minimum absolute atomic E-state index is 0.189. The molecule has 1 aliphatic heterocycles. The second kappa shape index (κ2) is 8.41. The first kappa shape index (κ1) is 19.7. The minimum atomic E-state index is -0.189. The van der Waals surface area contributed by atoms with Crippen LogP contribution in [0.2, 0.25) is 5.02 Å². The molecule has 0 aliphatic carbocycles. The Morgan fingerprint density at radius 1 is 1.21 bits per heavy atom. The lowest BCUT2D eigenvalue weighted by Gasteiger charge is -2.03. The van der Waals surface area contributed by atoms with Crippen molar-refractivity contribution in [1.29, 1.82) is 0 Å². The van der Waals surface area contributed by atoms with Crippen molar-refractivity contribution in [3.63, 3.8) is 0 Å². The number of thioether (sulfide) groups is 1. The molecule has 4 rings (SSSR count). The van der Waals surface area contributed by atoms with Crippen LogP contribution in [0.15, 0.2) is 59.6 Å². The summed E-state index contributed by atoms with van der Waals surface area (Å²) in [5.41, 5.74) is 3.62. The van der Waals surface area contributed by atoms with Gasteiger partial charge in [-0.05, 0) is 48.0 Å². The molecule has 29 heavy (non-hydrogen) atoms. The van der Waals surface area contributed by atoms with Crippen LogP contribution < -0.4 is 10.1 Å². The van der Waals surface area contributed by atoms with Gasteiger partial charge in [0.1, 0.15) is 10.1 Å². The van der Waals surface area contributed by atoms with Crippen molar-refractivity contribution in [2.45, 2.75) is 6.54 Å². The van der Waals surface area contributed by atoms with Crippen molar-refractivity contribution in [2.75, 3.05) is 7.11 Å². The fourth-order valence-corrected chi connectivity index (χ4v) is 4.10. The number of aromatic nitrogens is 2. The number of amides is 1. The summed E-state index contributed by atoms with van der Waals surface area (Å²) in [4.78, 5) is 12.7. The molecule has 1 amide bonds. The van der Waals surface area contributed by atoms with E-state index in [9.17, 15) is 4.79 Å². The molecular weight excluding hydrogens is 426 g/mol. The molecule has 0 spiro atoms. The van der Waals surface area contributed by atoms with Crippen LogP contribution in [0.4, 0.5) is 0 Å². The van der Waals surface area contributed by atoms with E-state index in [0.717, 1.165) is 28.1 Å². The van der Waals surface area contributed by atoms with Crippen molar-refractivity contribution < 1.29 is 9.53 Å². The summed E-state index contributed by atoms with van der Waals surface area (Å²) in [7, 11) is 1.63. The smallest absolute Gasteiger partial charge is 0.263 e. The molecule has 1 aromatic heterocycles. The molecule has 1 saturated heterocycles. The number of carbonyl (C=O) groups is 1. The first-order valence-corrected chi connectivity index (χ1v) is 10.3. The number of rotatable bonds is 5. The van der Waals surface area contributed by atoms with Gasteiger partial charge in [0.05, 0.1) is 24.3 Å². The van der Waals surface area contributed by atoms with E-state index < -0.39 is 0 Å². The molecule has 5 nitrogen and oxygen atoms in total. The molecule has 1 N–H and O–H groups in total. The molecule has 2 heterocycles. The Bertz CT molecular complexity index is 1110. The van der Waals surface area contributed by atoms with Gasteiger partial charge >= 0.3 is 0 Å². The van der Waals surface area contributed by atoms with Gasteiger partial charge in [-0.2, -0.15) is 5.10 Å². The number of halogens is 1. The molecule has 2 aromatic carbocycles. The average molecular weight is 442 g/mol. The lowest BCUT2D eigenvalue weighted by molar-refractivity contribution is -0.115. The highest BCUT2D eigenvalue weighted by atomic mass is 35.5. The van der Waals surface area contributed by atoms with Crippen LogP contribution >= 0.6 is 35.6 Å². The van der Waals surface area contributed by atoms with Crippen molar-refractivity contribution in [2.24, 2.45) is 0 Å². The Balaban J connectivity index is 1.73. The van der Waals surface area contributed by atoms with E-state index in [2.05, 4.69) is 5.32 Å². The predicted octanol–water partition coefficient (Wildman–Crippen LogP) is 4.75. The number of nitrogens with zero attached hydrogens (tertiary/aromatic N) is 2. The summed E-state index contributed by atoms with van der Waals surface area (Å²) in [5.74, 6) is 0.580. The van der Waals surface area contributed by atoms with Crippen LogP contribution in [0.3, 0.4) is 0 Å². The zero-order valence-corrected chi connectivity index (χ0v) is 17.8. The van der Waals surface area contributed by atoms with Gasteiger partial charge in [0.2, 0.25) is 0 Å². The SMILES string of the molecule is COc1ccc(-c2nn(Cc3ccc(Cl)cc3)cc2C=C2SC(=S)NC2=O)cc1. The molecule has 0 radical (unpaired) electrons. The first-order chi connectivity index (χ1) is 14.0. The quantitative estimate of drug-likeness (QED) is 0.457. The number of methoxy groups -OCH3 is 1. The maximum Gasteiger partial charge on any atom is 0.263 e. The maximum absolute atomic E-state index is 12.1. The zero-order valence-electron chi connectivity index (χ0n) is 15.4. The normalized spacial score (nSPS) is 15.0. The third-order valence-corrected chi connectivity index (χ3v) is 5.75. The molecule has 1 aliphatic rings. The van der Waals surface area contributed by atoms with E-state index in [0.29, 0.717) is 20.8 Å². The van der Waals surface area contributed by atoms with Crippen LogP contribution in [0.25, 0.3) is 17.3 Å². The second-order valence-electron chi connectivity index (χ2n) is 6.34. The number of carbonyl (C=O) groups excluding carboxylic acids is 1. The largest absolute Gasteiger partial charge is 0.497 e. The van der Waals surface area contributed by atoms with Crippen molar-refractivity contribution in [3.8, 4) is 17.0 Å². The molecule has 146 valence electrons. The standard InChI is InChI=1S/C21H16ClN3O2S2/c1-27-17-8-4-14(5-9-17)19-15(10-18-20(26)23-21(28)29-18)12-25(24-19)11-13-2-6-16(22)7-3-13/h2-10,12H,11H2,1H3,(H,23,26,28). The van der Waals surface area contributed by atoms with Gasteiger partial charge in [-0.15, -0.1) is 0 Å². The van der Waals surface area contributed by atoms with Crippen molar-refractivity contribution in [3.05, 3.63) is 75.8 Å². The van der Waals surface area contributed by atoms with E-state index in [-0.39, 0.29) is 5.91 Å². The third-order valence-electron chi connectivity index (χ3n) is 4.34. The van der Waals surface area contributed by atoms with E-state index in [1.54, 1.807) is 7.11 Å². The van der Waals surface area contributed by atoms with Gasteiger partial charge in [-0.3, -0.25) is 9.48 Å². The molecule has 3 aromatic rings. The highest BCUT2D eigenvalue weighted by Gasteiger charge is 2.23. The van der Waals surface area contributed by atoms with Crippen LogP contribution in [0.5, 0.6) is 5.75 Å². The van der Waals surface area contributed by atoms with Gasteiger partial charge < -0.3 is 10.1 Å². The Morgan fingerprint density at radius 2 is 1.93 bits per heavy atom. The van der Waals surface area contributed by atoms with Gasteiger partial charge in [-0.25, -0.2) is 0 Å². The fourth-order valence-electron chi connectivity index (χ4n) is 2.94. The second-order valence-corrected chi connectivity index (χ2v) is 8.49. The number of benzene rings is 2. The Hall–Kier alpha value is -2.61. The summed E-state index contributed by atoms with van der Waals surface area (Å²) in [6, 6.07) is 15.3. The Kier molecular flexibility index (Phi) is 5.71. The Morgan fingerprint density at radius 3 is 2.55 bits per heavy atom. The van der Waals surface area contributed by atoms with E-state index >= 15 is 0 Å². The molecule has 1 fully saturated rings. The van der Waals surface area contributed by atoms with Crippen LogP contribution in [-0.2, 0) is 11.3 Å². The molecule has 0 atom stereocenters. The van der Waals surface area contributed by atoms with Gasteiger partial charge in [0.25, 0.3) is 5.91 Å². The van der Waals surface area contributed by atoms with Crippen molar-refractivity contribution in [1.82, 2.24) is 15.1 Å². The molecule has 0 bridgehead atoms. The minimum Gasteiger partial charge on any atom is -0.497 e. The molecule has 0 unspecified atom stereocenters. The number of hydrogen-bond donors (Lipinski definition) is 1. The first-order valence-electron chi connectivity index (χ1n) is 8.73.